The molecule has 2 N–H and O–H groups in total. The van der Waals surface area contributed by atoms with E-state index >= 15 is 0 Å². The highest BCUT2D eigenvalue weighted by Gasteiger charge is 2.59. The second-order valence-corrected chi connectivity index (χ2v) is 7.20. The normalized spacial score (nSPS) is 25.0. The Hall–Kier alpha value is -1.56. The molecule has 0 aliphatic heterocycles. The van der Waals surface area contributed by atoms with E-state index in [1.54, 1.807) is 17.9 Å². The van der Waals surface area contributed by atoms with Crippen molar-refractivity contribution in [3.8, 4) is 0 Å². The van der Waals surface area contributed by atoms with E-state index in [9.17, 15) is 4.79 Å². The van der Waals surface area contributed by atoms with Gasteiger partial charge >= 0.3 is 0 Å². The molecule has 6 nitrogen and oxygen atoms in total. The van der Waals surface area contributed by atoms with Crippen LogP contribution in [-0.4, -0.2) is 45.9 Å². The molecule has 2 aliphatic rings. The molecule has 3 rings (SSSR count). The Bertz CT molecular complexity index is 592. The lowest BCUT2D eigenvalue weighted by molar-refractivity contribution is -0.156. The van der Waals surface area contributed by atoms with Crippen LogP contribution in [0.1, 0.15) is 62.7 Å². The maximum Gasteiger partial charge on any atom is 0.259 e. The van der Waals surface area contributed by atoms with Gasteiger partial charge in [-0.1, -0.05) is 19.8 Å². The number of carbonyl (C=O) groups is 1. The maximum atomic E-state index is 13.2. The highest BCUT2D eigenvalue weighted by atomic mass is 16.5. The average molecular weight is 334 g/mol. The average Bonchev–Trinajstić information content (AvgIpc) is 3.19. The maximum absolute atomic E-state index is 13.2. The number of hydrogen-bond donors (Lipinski definition) is 1. The van der Waals surface area contributed by atoms with Crippen LogP contribution in [0.25, 0.3) is 0 Å². The molecule has 0 saturated heterocycles. The first-order valence-corrected chi connectivity index (χ1v) is 9.25. The number of aromatic nitrogens is 2. The lowest BCUT2D eigenvalue weighted by atomic mass is 9.59. The molecule has 0 radical (unpaired) electrons. The van der Waals surface area contributed by atoms with E-state index < -0.39 is 0 Å². The van der Waals surface area contributed by atoms with Gasteiger partial charge in [-0.3, -0.25) is 9.48 Å². The smallest absolute Gasteiger partial charge is 0.259 e. The van der Waals surface area contributed by atoms with Crippen LogP contribution >= 0.6 is 0 Å². The fourth-order valence-corrected chi connectivity index (χ4v) is 4.69. The van der Waals surface area contributed by atoms with Crippen LogP contribution in [0.15, 0.2) is 6.20 Å². The van der Waals surface area contributed by atoms with Gasteiger partial charge in [0.25, 0.3) is 5.91 Å². The van der Waals surface area contributed by atoms with E-state index in [1.807, 2.05) is 4.90 Å². The molecule has 24 heavy (non-hydrogen) atoms. The minimum Gasteiger partial charge on any atom is -0.383 e. The molecule has 0 unspecified atom stereocenters. The summed E-state index contributed by atoms with van der Waals surface area (Å²) >= 11 is 0. The molecule has 0 bridgehead atoms. The largest absolute Gasteiger partial charge is 0.383 e. The monoisotopic (exact) mass is 334 g/mol. The molecule has 134 valence electrons. The second kappa shape index (κ2) is 6.75. The third-order valence-corrected chi connectivity index (χ3v) is 5.96. The van der Waals surface area contributed by atoms with Crippen molar-refractivity contribution in [1.82, 2.24) is 14.7 Å². The van der Waals surface area contributed by atoms with Crippen molar-refractivity contribution in [1.29, 1.82) is 0 Å². The summed E-state index contributed by atoms with van der Waals surface area (Å²) in [6, 6.07) is 0.267. The predicted molar refractivity (Wildman–Crippen MR) is 93.7 cm³/mol. The number of nitrogen functional groups attached to an aromatic ring is 1. The topological polar surface area (TPSA) is 73.4 Å². The molecule has 2 saturated carbocycles. The van der Waals surface area contributed by atoms with Crippen molar-refractivity contribution in [3.05, 3.63) is 11.8 Å². The van der Waals surface area contributed by atoms with Crippen LogP contribution in [0.2, 0.25) is 0 Å². The Labute approximate surface area is 144 Å². The van der Waals surface area contributed by atoms with Crippen molar-refractivity contribution in [3.63, 3.8) is 0 Å². The Kier molecular flexibility index (Phi) is 4.85. The van der Waals surface area contributed by atoms with Crippen LogP contribution in [0.4, 0.5) is 5.82 Å². The second-order valence-electron chi connectivity index (χ2n) is 7.20. The Morgan fingerprint density at radius 3 is 2.71 bits per heavy atom. The number of nitrogens with two attached hydrogens (primary N) is 1. The van der Waals surface area contributed by atoms with E-state index in [0.29, 0.717) is 17.5 Å². The van der Waals surface area contributed by atoms with Crippen LogP contribution in [0, 0.1) is 5.41 Å². The number of aryl methyl sites for hydroxylation is 1. The molecule has 1 amide bonds. The number of carbonyl (C=O) groups excluding carboxylic acids is 1. The summed E-state index contributed by atoms with van der Waals surface area (Å²) in [5, 5.41) is 4.14. The minimum atomic E-state index is 0.0219. The van der Waals surface area contributed by atoms with Gasteiger partial charge < -0.3 is 15.4 Å². The molecule has 1 spiro atoms. The molecule has 2 atom stereocenters. The van der Waals surface area contributed by atoms with Gasteiger partial charge in [0.2, 0.25) is 0 Å². The first-order valence-electron chi connectivity index (χ1n) is 9.25. The van der Waals surface area contributed by atoms with Gasteiger partial charge in [-0.15, -0.1) is 0 Å². The van der Waals surface area contributed by atoms with Crippen LogP contribution in [0.5, 0.6) is 0 Å². The molecule has 1 aromatic rings. The van der Waals surface area contributed by atoms with Crippen molar-refractivity contribution >= 4 is 11.7 Å². The number of hydrogen-bond acceptors (Lipinski definition) is 4. The van der Waals surface area contributed by atoms with Crippen molar-refractivity contribution in [2.45, 2.75) is 64.5 Å². The van der Waals surface area contributed by atoms with Gasteiger partial charge in [0.1, 0.15) is 11.4 Å². The molecular formula is C18H30N4O2. The first-order chi connectivity index (χ1) is 11.5. The van der Waals surface area contributed by atoms with Crippen LogP contribution in [0.3, 0.4) is 0 Å². The van der Waals surface area contributed by atoms with E-state index in [2.05, 4.69) is 18.9 Å². The minimum absolute atomic E-state index is 0.0219. The Morgan fingerprint density at radius 2 is 2.17 bits per heavy atom. The standard InChI is InChI=1S/C18H30N4O2/c1-4-10-22(17(23)13-12-20-21(3)16(13)19)14-11-15(24-5-2)18(14)8-6-7-9-18/h12,14-15H,4-11,19H2,1-3H3/t14-,15-/m1/s1. The molecule has 1 heterocycles. The zero-order chi connectivity index (χ0) is 17.3. The molecule has 0 aromatic carbocycles. The molecule has 1 aromatic heterocycles. The summed E-state index contributed by atoms with van der Waals surface area (Å²) in [6.07, 6.45) is 8.59. The van der Waals surface area contributed by atoms with Crippen molar-refractivity contribution in [2.75, 3.05) is 18.9 Å². The van der Waals surface area contributed by atoms with Gasteiger partial charge in [-0.05, 0) is 32.6 Å². The molecule has 2 fully saturated rings. The zero-order valence-electron chi connectivity index (χ0n) is 15.1. The number of amides is 1. The quantitative estimate of drug-likeness (QED) is 0.868. The van der Waals surface area contributed by atoms with E-state index in [0.717, 1.165) is 26.0 Å². The lowest BCUT2D eigenvalue weighted by Gasteiger charge is -2.57. The van der Waals surface area contributed by atoms with Crippen LogP contribution in [-0.2, 0) is 11.8 Å². The lowest BCUT2D eigenvalue weighted by Crippen LogP contribution is -2.65. The third kappa shape index (κ3) is 2.61. The fraction of sp³-hybridized carbons (Fsp3) is 0.778. The highest BCUT2D eigenvalue weighted by molar-refractivity contribution is 5.98. The zero-order valence-corrected chi connectivity index (χ0v) is 15.1. The van der Waals surface area contributed by atoms with Crippen molar-refractivity contribution in [2.24, 2.45) is 12.5 Å². The SMILES string of the molecule is CCCN(C(=O)c1cnn(C)c1N)[C@@H]1C[C@@H](OCC)C12CCCC2. The summed E-state index contributed by atoms with van der Waals surface area (Å²) in [7, 11) is 1.77. The predicted octanol–water partition coefficient (Wildman–Crippen LogP) is 2.59. The van der Waals surface area contributed by atoms with E-state index in [-0.39, 0.29) is 17.4 Å². The van der Waals surface area contributed by atoms with E-state index in [4.69, 9.17) is 10.5 Å². The Morgan fingerprint density at radius 1 is 1.46 bits per heavy atom. The number of nitrogens with zero attached hydrogens (tertiary/aromatic N) is 3. The van der Waals surface area contributed by atoms with Gasteiger partial charge in [0.15, 0.2) is 0 Å². The summed E-state index contributed by atoms with van der Waals surface area (Å²) in [5.74, 6) is 0.468. The first kappa shape index (κ1) is 17.3. The number of ether oxygens (including phenoxy) is 1. The van der Waals surface area contributed by atoms with Gasteiger partial charge in [-0.25, -0.2) is 0 Å². The number of rotatable bonds is 6. The van der Waals surface area contributed by atoms with Gasteiger partial charge in [-0.2, -0.15) is 5.10 Å². The van der Waals surface area contributed by atoms with Crippen LogP contribution < -0.4 is 5.73 Å². The summed E-state index contributed by atoms with van der Waals surface area (Å²) in [6.45, 7) is 5.68. The summed E-state index contributed by atoms with van der Waals surface area (Å²) in [4.78, 5) is 15.2. The van der Waals surface area contributed by atoms with Gasteiger partial charge in [0.05, 0.1) is 12.3 Å². The summed E-state index contributed by atoms with van der Waals surface area (Å²) < 4.78 is 7.57. The summed E-state index contributed by atoms with van der Waals surface area (Å²) in [5.41, 5.74) is 6.72. The molecular weight excluding hydrogens is 304 g/mol. The molecule has 2 aliphatic carbocycles. The number of anilines is 1. The highest BCUT2D eigenvalue weighted by Crippen LogP contribution is 2.56. The Balaban J connectivity index is 1.85. The molecule has 6 heteroatoms. The van der Waals surface area contributed by atoms with E-state index in [1.165, 1.54) is 25.7 Å². The van der Waals surface area contributed by atoms with Gasteiger partial charge in [0, 0.05) is 31.7 Å². The van der Waals surface area contributed by atoms with Crippen molar-refractivity contribution < 1.29 is 9.53 Å². The third-order valence-electron chi connectivity index (χ3n) is 5.96. The fourth-order valence-electron chi connectivity index (χ4n) is 4.69.